The molecule has 0 bridgehead atoms. The van der Waals surface area contributed by atoms with Crippen LogP contribution in [-0.4, -0.2) is 25.2 Å². The first kappa shape index (κ1) is 22.3. The molecule has 0 aromatic heterocycles. The third kappa shape index (κ3) is 4.40. The van der Waals surface area contributed by atoms with Gasteiger partial charge in [0.15, 0.2) is 0 Å². The Morgan fingerprint density at radius 2 is 1.00 bits per heavy atom. The van der Waals surface area contributed by atoms with Gasteiger partial charge in [-0.2, -0.15) is 0 Å². The number of benzene rings is 3. The standard InChI is InChI=1S/C28H27NO4/c1-3-32-27(30)23-24(28(31)33-4-2)26(21-16-10-6-11-17-21)29(22-18-12-7-13-19-22)25(23)20-14-8-5-9-15-20/h5-19,25-26H,3-4H2,1-2H3/t25-,26+. The maximum Gasteiger partial charge on any atom is 0.337 e. The molecular formula is C28H27NO4. The van der Waals surface area contributed by atoms with Crippen molar-refractivity contribution in [2.45, 2.75) is 25.9 Å². The average molecular weight is 442 g/mol. The monoisotopic (exact) mass is 441 g/mol. The van der Waals surface area contributed by atoms with E-state index in [0.29, 0.717) is 11.1 Å². The van der Waals surface area contributed by atoms with Crippen LogP contribution < -0.4 is 4.90 Å². The second-order valence-electron chi connectivity index (χ2n) is 7.64. The van der Waals surface area contributed by atoms with Gasteiger partial charge in [-0.1, -0.05) is 78.9 Å². The third-order valence-corrected chi connectivity index (χ3v) is 5.67. The summed E-state index contributed by atoms with van der Waals surface area (Å²) in [6, 6.07) is 28.3. The molecule has 0 spiro atoms. The first-order valence-corrected chi connectivity index (χ1v) is 11.2. The van der Waals surface area contributed by atoms with Crippen LogP contribution >= 0.6 is 0 Å². The summed E-state index contributed by atoms with van der Waals surface area (Å²) >= 11 is 0. The summed E-state index contributed by atoms with van der Waals surface area (Å²) in [4.78, 5) is 28.9. The summed E-state index contributed by atoms with van der Waals surface area (Å²) in [5.41, 5.74) is 3.31. The first-order chi connectivity index (χ1) is 16.2. The molecule has 0 aliphatic carbocycles. The lowest BCUT2D eigenvalue weighted by Gasteiger charge is -2.34. The Morgan fingerprint density at radius 3 is 1.36 bits per heavy atom. The van der Waals surface area contributed by atoms with Crippen LogP contribution in [0.15, 0.2) is 102 Å². The number of carbonyl (C=O) groups excluding carboxylic acids is 2. The topological polar surface area (TPSA) is 55.8 Å². The molecule has 0 radical (unpaired) electrons. The van der Waals surface area contributed by atoms with E-state index in [2.05, 4.69) is 4.90 Å². The van der Waals surface area contributed by atoms with Gasteiger partial charge in [-0.15, -0.1) is 0 Å². The second-order valence-corrected chi connectivity index (χ2v) is 7.64. The van der Waals surface area contributed by atoms with E-state index in [1.54, 1.807) is 13.8 Å². The van der Waals surface area contributed by atoms with Gasteiger partial charge in [-0.05, 0) is 37.1 Å². The van der Waals surface area contributed by atoms with Crippen LogP contribution in [0.3, 0.4) is 0 Å². The Hall–Kier alpha value is -3.86. The van der Waals surface area contributed by atoms with E-state index in [9.17, 15) is 9.59 Å². The Labute approximate surface area is 194 Å². The van der Waals surface area contributed by atoms with Crippen LogP contribution in [-0.2, 0) is 19.1 Å². The summed E-state index contributed by atoms with van der Waals surface area (Å²) in [5.74, 6) is -1.01. The Bertz CT molecular complexity index is 1050. The van der Waals surface area contributed by atoms with Crippen molar-refractivity contribution in [3.63, 3.8) is 0 Å². The van der Waals surface area contributed by atoms with Crippen LogP contribution in [0.4, 0.5) is 5.69 Å². The van der Waals surface area contributed by atoms with Crippen LogP contribution in [0.1, 0.15) is 37.1 Å². The minimum Gasteiger partial charge on any atom is -0.463 e. The maximum atomic E-state index is 13.4. The predicted octanol–water partition coefficient (Wildman–Crippen LogP) is 5.41. The molecule has 5 heteroatoms. The van der Waals surface area contributed by atoms with Crippen LogP contribution in [0, 0.1) is 0 Å². The van der Waals surface area contributed by atoms with Crippen LogP contribution in [0.2, 0.25) is 0 Å². The Morgan fingerprint density at radius 1 is 0.636 bits per heavy atom. The fraction of sp³-hybridized carbons (Fsp3) is 0.214. The molecule has 0 amide bonds. The van der Waals surface area contributed by atoms with E-state index in [1.165, 1.54) is 0 Å². The lowest BCUT2D eigenvalue weighted by atomic mass is 9.95. The molecule has 1 aliphatic rings. The van der Waals surface area contributed by atoms with Gasteiger partial charge in [0.2, 0.25) is 0 Å². The number of para-hydroxylation sites is 1. The molecule has 0 unspecified atom stereocenters. The minimum absolute atomic E-state index is 0.210. The normalized spacial score (nSPS) is 17.7. The highest BCUT2D eigenvalue weighted by Crippen LogP contribution is 2.51. The molecule has 1 heterocycles. The highest BCUT2D eigenvalue weighted by Gasteiger charge is 2.48. The van der Waals surface area contributed by atoms with E-state index >= 15 is 0 Å². The van der Waals surface area contributed by atoms with Crippen molar-refractivity contribution < 1.29 is 19.1 Å². The zero-order valence-corrected chi connectivity index (χ0v) is 18.8. The van der Waals surface area contributed by atoms with Crippen molar-refractivity contribution in [2.75, 3.05) is 18.1 Å². The molecular weight excluding hydrogens is 414 g/mol. The summed E-state index contributed by atoms with van der Waals surface area (Å²) in [7, 11) is 0. The van der Waals surface area contributed by atoms with E-state index in [4.69, 9.17) is 9.47 Å². The molecule has 0 saturated heterocycles. The summed E-state index contributed by atoms with van der Waals surface area (Å²) in [5, 5.41) is 0. The van der Waals surface area contributed by atoms with Gasteiger partial charge in [-0.3, -0.25) is 0 Å². The smallest absolute Gasteiger partial charge is 0.337 e. The number of rotatable bonds is 7. The molecule has 0 fully saturated rings. The van der Waals surface area contributed by atoms with Gasteiger partial charge < -0.3 is 14.4 Å². The van der Waals surface area contributed by atoms with E-state index < -0.39 is 24.0 Å². The predicted molar refractivity (Wildman–Crippen MR) is 128 cm³/mol. The third-order valence-electron chi connectivity index (χ3n) is 5.67. The average Bonchev–Trinajstić information content (AvgIpc) is 3.22. The van der Waals surface area contributed by atoms with E-state index in [-0.39, 0.29) is 13.2 Å². The zero-order chi connectivity index (χ0) is 23.2. The Balaban J connectivity index is 2.03. The van der Waals surface area contributed by atoms with Crippen molar-refractivity contribution in [3.8, 4) is 0 Å². The van der Waals surface area contributed by atoms with Gasteiger partial charge in [0.25, 0.3) is 0 Å². The molecule has 0 saturated carbocycles. The zero-order valence-electron chi connectivity index (χ0n) is 18.8. The number of hydrogen-bond donors (Lipinski definition) is 0. The molecule has 3 aromatic carbocycles. The summed E-state index contributed by atoms with van der Waals surface area (Å²) in [6.45, 7) is 3.94. The Kier molecular flexibility index (Phi) is 6.89. The molecule has 1 aliphatic heterocycles. The number of nitrogens with zero attached hydrogens (tertiary/aromatic N) is 1. The van der Waals surface area contributed by atoms with E-state index in [1.807, 2.05) is 91.0 Å². The number of carbonyl (C=O) groups is 2. The molecule has 4 rings (SSSR count). The molecule has 33 heavy (non-hydrogen) atoms. The second kappa shape index (κ2) is 10.2. The molecule has 168 valence electrons. The number of anilines is 1. The van der Waals surface area contributed by atoms with Gasteiger partial charge in [-0.25, -0.2) is 9.59 Å². The van der Waals surface area contributed by atoms with Crippen molar-refractivity contribution in [1.82, 2.24) is 0 Å². The number of esters is 2. The fourth-order valence-corrected chi connectivity index (χ4v) is 4.41. The molecule has 5 nitrogen and oxygen atoms in total. The van der Waals surface area contributed by atoms with Crippen LogP contribution in [0.25, 0.3) is 0 Å². The summed E-state index contributed by atoms with van der Waals surface area (Å²) in [6.07, 6.45) is 0. The van der Waals surface area contributed by atoms with Crippen molar-refractivity contribution in [2.24, 2.45) is 0 Å². The SMILES string of the molecule is CCOC(=O)C1=C(C(=O)OCC)[C@@H](c2ccccc2)N(c2ccccc2)[C@H]1c1ccccc1. The van der Waals surface area contributed by atoms with Gasteiger partial charge in [0, 0.05) is 5.69 Å². The lowest BCUT2D eigenvalue weighted by Crippen LogP contribution is -2.30. The number of ether oxygens (including phenoxy) is 2. The molecule has 2 atom stereocenters. The summed E-state index contributed by atoms with van der Waals surface area (Å²) < 4.78 is 10.9. The van der Waals surface area contributed by atoms with Crippen molar-refractivity contribution >= 4 is 17.6 Å². The van der Waals surface area contributed by atoms with Gasteiger partial charge >= 0.3 is 11.9 Å². The largest absolute Gasteiger partial charge is 0.463 e. The molecule has 3 aromatic rings. The maximum absolute atomic E-state index is 13.4. The molecule has 0 N–H and O–H groups in total. The number of hydrogen-bond acceptors (Lipinski definition) is 5. The first-order valence-electron chi connectivity index (χ1n) is 11.2. The van der Waals surface area contributed by atoms with Gasteiger partial charge in [0.05, 0.1) is 36.4 Å². The van der Waals surface area contributed by atoms with Crippen LogP contribution in [0.5, 0.6) is 0 Å². The minimum atomic E-state index is -0.516. The fourth-order valence-electron chi connectivity index (χ4n) is 4.41. The lowest BCUT2D eigenvalue weighted by molar-refractivity contribution is -0.141. The van der Waals surface area contributed by atoms with Crippen molar-refractivity contribution in [3.05, 3.63) is 113 Å². The van der Waals surface area contributed by atoms with Gasteiger partial charge in [0.1, 0.15) is 0 Å². The van der Waals surface area contributed by atoms with E-state index in [0.717, 1.165) is 16.8 Å². The quantitative estimate of drug-likeness (QED) is 0.459. The highest BCUT2D eigenvalue weighted by molar-refractivity contribution is 6.05. The van der Waals surface area contributed by atoms with Crippen molar-refractivity contribution in [1.29, 1.82) is 0 Å². The highest BCUT2D eigenvalue weighted by atomic mass is 16.5.